The lowest BCUT2D eigenvalue weighted by Gasteiger charge is -2.11. The Labute approximate surface area is 88.4 Å². The Bertz CT molecular complexity index is 322. The second-order valence-corrected chi connectivity index (χ2v) is 3.70. The molecule has 0 unspecified atom stereocenters. The van der Waals surface area contributed by atoms with E-state index in [9.17, 15) is 13.2 Å². The van der Waals surface area contributed by atoms with Gasteiger partial charge in [-0.3, -0.25) is 0 Å². The van der Waals surface area contributed by atoms with Crippen molar-refractivity contribution in [1.82, 2.24) is 0 Å². The molecule has 0 aromatic heterocycles. The smallest absolute Gasteiger partial charge is 0.376 e. The minimum atomic E-state index is -4.19. The van der Waals surface area contributed by atoms with Crippen LogP contribution in [0.2, 0.25) is 0 Å². The molecule has 0 aliphatic heterocycles. The van der Waals surface area contributed by atoms with Crippen LogP contribution in [0.4, 0.5) is 18.9 Å². The molecule has 0 radical (unpaired) electrons. The van der Waals surface area contributed by atoms with Crippen LogP contribution in [0.3, 0.4) is 0 Å². The molecule has 1 rings (SSSR count). The molecule has 78 valence electrons. The summed E-state index contributed by atoms with van der Waals surface area (Å²) in [6.07, 6.45) is -4.19. The van der Waals surface area contributed by atoms with Crippen molar-refractivity contribution in [1.29, 1.82) is 0 Å². The number of aryl methyl sites for hydroxylation is 1. The molecule has 1 aromatic carbocycles. The molecule has 0 saturated carbocycles. The van der Waals surface area contributed by atoms with Gasteiger partial charge in [-0.15, -0.1) is 0 Å². The van der Waals surface area contributed by atoms with Gasteiger partial charge in [-0.2, -0.15) is 13.2 Å². The SMILES string of the molecule is Cc1cccc(NCC(F)(F)F)c1Br. The summed E-state index contributed by atoms with van der Waals surface area (Å²) in [7, 11) is 0. The molecule has 14 heavy (non-hydrogen) atoms. The van der Waals surface area contributed by atoms with Crippen molar-refractivity contribution in [2.45, 2.75) is 13.1 Å². The molecule has 0 amide bonds. The molecule has 0 aliphatic rings. The summed E-state index contributed by atoms with van der Waals surface area (Å²) >= 11 is 3.22. The minimum Gasteiger partial charge on any atom is -0.376 e. The van der Waals surface area contributed by atoms with Crippen molar-refractivity contribution in [2.24, 2.45) is 0 Å². The highest BCUT2D eigenvalue weighted by atomic mass is 79.9. The van der Waals surface area contributed by atoms with Gasteiger partial charge in [0.2, 0.25) is 0 Å². The Morgan fingerprint density at radius 2 is 2.00 bits per heavy atom. The fourth-order valence-electron chi connectivity index (χ4n) is 0.979. The Morgan fingerprint density at radius 3 is 2.57 bits per heavy atom. The van der Waals surface area contributed by atoms with Gasteiger partial charge >= 0.3 is 6.18 Å². The summed E-state index contributed by atoms with van der Waals surface area (Å²) < 4.78 is 36.4. The highest BCUT2D eigenvalue weighted by Gasteiger charge is 2.26. The van der Waals surface area contributed by atoms with E-state index in [1.54, 1.807) is 12.1 Å². The van der Waals surface area contributed by atoms with Crippen LogP contribution in [-0.2, 0) is 0 Å². The number of hydrogen-bond acceptors (Lipinski definition) is 1. The predicted octanol–water partition coefficient (Wildman–Crippen LogP) is 3.73. The van der Waals surface area contributed by atoms with E-state index >= 15 is 0 Å². The Morgan fingerprint density at radius 1 is 1.36 bits per heavy atom. The molecular weight excluding hydrogens is 259 g/mol. The highest BCUT2D eigenvalue weighted by Crippen LogP contribution is 2.26. The summed E-state index contributed by atoms with van der Waals surface area (Å²) in [4.78, 5) is 0. The molecule has 0 heterocycles. The lowest BCUT2D eigenvalue weighted by atomic mass is 10.2. The van der Waals surface area contributed by atoms with Crippen LogP contribution in [0.1, 0.15) is 5.56 Å². The average molecular weight is 268 g/mol. The minimum absolute atomic E-state index is 0.460. The van der Waals surface area contributed by atoms with E-state index in [4.69, 9.17) is 0 Å². The highest BCUT2D eigenvalue weighted by molar-refractivity contribution is 9.10. The van der Waals surface area contributed by atoms with Gasteiger partial charge in [0.15, 0.2) is 0 Å². The zero-order valence-electron chi connectivity index (χ0n) is 7.45. The third-order valence-electron chi connectivity index (χ3n) is 1.67. The van der Waals surface area contributed by atoms with Crippen molar-refractivity contribution < 1.29 is 13.2 Å². The fraction of sp³-hybridized carbons (Fsp3) is 0.333. The zero-order valence-corrected chi connectivity index (χ0v) is 9.04. The van der Waals surface area contributed by atoms with Crippen LogP contribution in [-0.4, -0.2) is 12.7 Å². The molecule has 0 bridgehead atoms. The Hall–Kier alpha value is -0.710. The largest absolute Gasteiger partial charge is 0.405 e. The van der Waals surface area contributed by atoms with Gasteiger partial charge in [0, 0.05) is 10.2 Å². The van der Waals surface area contributed by atoms with E-state index in [0.29, 0.717) is 10.2 Å². The number of anilines is 1. The predicted molar refractivity (Wildman–Crippen MR) is 53.4 cm³/mol. The van der Waals surface area contributed by atoms with Gasteiger partial charge in [-0.1, -0.05) is 12.1 Å². The molecular formula is C9H9BrF3N. The van der Waals surface area contributed by atoms with E-state index in [2.05, 4.69) is 21.2 Å². The van der Waals surface area contributed by atoms with Crippen LogP contribution >= 0.6 is 15.9 Å². The van der Waals surface area contributed by atoms with Crippen molar-refractivity contribution in [3.05, 3.63) is 28.2 Å². The van der Waals surface area contributed by atoms with E-state index in [1.807, 2.05) is 13.0 Å². The van der Waals surface area contributed by atoms with Crippen LogP contribution in [0.5, 0.6) is 0 Å². The molecule has 0 atom stereocenters. The van der Waals surface area contributed by atoms with Crippen molar-refractivity contribution in [3.8, 4) is 0 Å². The Balaban J connectivity index is 2.73. The molecule has 5 heteroatoms. The summed E-state index contributed by atoms with van der Waals surface area (Å²) in [5.74, 6) is 0. The lowest BCUT2D eigenvalue weighted by molar-refractivity contribution is -0.115. The average Bonchev–Trinajstić information content (AvgIpc) is 2.06. The number of hydrogen-bond donors (Lipinski definition) is 1. The first kappa shape index (κ1) is 11.4. The van der Waals surface area contributed by atoms with Gasteiger partial charge in [0.25, 0.3) is 0 Å². The number of nitrogens with one attached hydrogen (secondary N) is 1. The van der Waals surface area contributed by atoms with Gasteiger partial charge in [0.05, 0.1) is 0 Å². The Kier molecular flexibility index (Phi) is 3.42. The fourth-order valence-corrected chi connectivity index (χ4v) is 1.38. The van der Waals surface area contributed by atoms with Crippen molar-refractivity contribution in [3.63, 3.8) is 0 Å². The van der Waals surface area contributed by atoms with E-state index in [0.717, 1.165) is 5.56 Å². The van der Waals surface area contributed by atoms with Gasteiger partial charge in [-0.05, 0) is 34.5 Å². The second kappa shape index (κ2) is 4.21. The van der Waals surface area contributed by atoms with Gasteiger partial charge in [-0.25, -0.2) is 0 Å². The lowest BCUT2D eigenvalue weighted by Crippen LogP contribution is -2.21. The van der Waals surface area contributed by atoms with Crippen molar-refractivity contribution in [2.75, 3.05) is 11.9 Å². The maximum Gasteiger partial charge on any atom is 0.405 e. The van der Waals surface area contributed by atoms with E-state index in [-0.39, 0.29) is 0 Å². The molecule has 0 spiro atoms. The maximum atomic E-state index is 11.9. The molecule has 1 N–H and O–H groups in total. The van der Waals surface area contributed by atoms with Crippen LogP contribution < -0.4 is 5.32 Å². The molecule has 1 aromatic rings. The van der Waals surface area contributed by atoms with Crippen molar-refractivity contribution >= 4 is 21.6 Å². The summed E-state index contributed by atoms with van der Waals surface area (Å²) in [6.45, 7) is 0.803. The second-order valence-electron chi connectivity index (χ2n) is 2.91. The maximum absolute atomic E-state index is 11.9. The topological polar surface area (TPSA) is 12.0 Å². The number of benzene rings is 1. The molecule has 0 saturated heterocycles. The summed E-state index contributed by atoms with van der Waals surface area (Å²) in [5.41, 5.74) is 1.36. The van der Waals surface area contributed by atoms with E-state index < -0.39 is 12.7 Å². The van der Waals surface area contributed by atoms with E-state index in [1.165, 1.54) is 0 Å². The van der Waals surface area contributed by atoms with Crippen LogP contribution in [0.15, 0.2) is 22.7 Å². The standard InChI is InChI=1S/C9H9BrF3N/c1-6-3-2-4-7(8(6)10)14-5-9(11,12)13/h2-4,14H,5H2,1H3. The summed E-state index contributed by atoms with van der Waals surface area (Å²) in [5, 5.41) is 2.32. The van der Waals surface area contributed by atoms with Gasteiger partial charge in [0.1, 0.15) is 6.54 Å². The molecule has 0 aliphatic carbocycles. The first-order valence-corrected chi connectivity index (χ1v) is 4.75. The number of rotatable bonds is 2. The third kappa shape index (κ3) is 3.21. The first-order chi connectivity index (χ1) is 6.40. The molecule has 0 fully saturated rings. The monoisotopic (exact) mass is 267 g/mol. The normalized spacial score (nSPS) is 11.5. The third-order valence-corrected chi connectivity index (χ3v) is 2.72. The first-order valence-electron chi connectivity index (χ1n) is 3.96. The number of halogens is 4. The summed E-state index contributed by atoms with van der Waals surface area (Å²) in [6, 6.07) is 5.13. The van der Waals surface area contributed by atoms with Crippen LogP contribution in [0, 0.1) is 6.92 Å². The zero-order chi connectivity index (χ0) is 10.8. The van der Waals surface area contributed by atoms with Gasteiger partial charge < -0.3 is 5.32 Å². The molecule has 1 nitrogen and oxygen atoms in total. The van der Waals surface area contributed by atoms with Crippen LogP contribution in [0.25, 0.3) is 0 Å². The quantitative estimate of drug-likeness (QED) is 0.861. The number of alkyl halides is 3.